The van der Waals surface area contributed by atoms with E-state index in [0.29, 0.717) is 0 Å². The molecule has 1 aromatic rings. The molecule has 1 aliphatic heterocycles. The summed E-state index contributed by atoms with van der Waals surface area (Å²) in [6.45, 7) is 3.43. The predicted molar refractivity (Wildman–Crippen MR) is 106 cm³/mol. The third kappa shape index (κ3) is 5.62. The van der Waals surface area contributed by atoms with Crippen LogP contribution in [0.1, 0.15) is 29.8 Å². The number of nitrogens with zero attached hydrogens (tertiary/aromatic N) is 1. The van der Waals surface area contributed by atoms with E-state index in [1.54, 1.807) is 6.92 Å². The average molecular weight is 423 g/mol. The lowest BCUT2D eigenvalue weighted by atomic mass is 9.82. The molecule has 1 fully saturated rings. The molecule has 0 unspecified atom stereocenters. The van der Waals surface area contributed by atoms with Crippen molar-refractivity contribution in [3.63, 3.8) is 0 Å². The fraction of sp³-hybridized carbons (Fsp3) is 0.500. The number of hydrogen-bond donors (Lipinski definition) is 6. The molecule has 0 aliphatic carbocycles. The van der Waals surface area contributed by atoms with E-state index in [1.807, 2.05) is 0 Å². The molecule has 1 heterocycles. The van der Waals surface area contributed by atoms with E-state index in [2.05, 4.69) is 5.32 Å². The number of carbonyl (C=O) groups excluding carboxylic acids is 2. The van der Waals surface area contributed by atoms with Crippen LogP contribution in [-0.4, -0.2) is 81.3 Å². The first kappa shape index (κ1) is 23.5. The number of hydrogen-bond acceptors (Lipinski definition) is 8. The fourth-order valence-electron chi connectivity index (χ4n) is 2.96. The normalized spacial score (nSPS) is 15.7. The summed E-state index contributed by atoms with van der Waals surface area (Å²) in [6, 6.07) is 1.34. The fourth-order valence-corrected chi connectivity index (χ4v) is 2.96. The van der Waals surface area contributed by atoms with Crippen LogP contribution in [0.2, 0.25) is 6.32 Å². The van der Waals surface area contributed by atoms with Gasteiger partial charge in [0, 0.05) is 0 Å². The Hall–Kier alpha value is -2.83. The number of carboxylic acids is 1. The molecule has 0 bridgehead atoms. The molecule has 30 heavy (non-hydrogen) atoms. The summed E-state index contributed by atoms with van der Waals surface area (Å²) in [6.07, 6.45) is -0.474. The number of phenols is 1. The van der Waals surface area contributed by atoms with Crippen LogP contribution < -0.4 is 15.8 Å². The maximum atomic E-state index is 12.3. The Bertz CT molecular complexity index is 811. The first-order chi connectivity index (χ1) is 14.0. The molecule has 0 saturated carbocycles. The lowest BCUT2D eigenvalue weighted by Crippen LogP contribution is -2.61. The van der Waals surface area contributed by atoms with Gasteiger partial charge in [-0.3, -0.25) is 9.59 Å². The van der Waals surface area contributed by atoms with Gasteiger partial charge in [-0.15, -0.1) is 0 Å². The molecule has 1 aromatic carbocycles. The Morgan fingerprint density at radius 1 is 1.30 bits per heavy atom. The second-order valence-electron chi connectivity index (χ2n) is 7.27. The van der Waals surface area contributed by atoms with E-state index in [-0.39, 0.29) is 43.1 Å². The topological polar surface area (TPSA) is 183 Å². The van der Waals surface area contributed by atoms with Crippen LogP contribution in [0.3, 0.4) is 0 Å². The molecule has 0 aromatic heterocycles. The second kappa shape index (κ2) is 9.78. The van der Waals surface area contributed by atoms with E-state index >= 15 is 0 Å². The van der Waals surface area contributed by atoms with Crippen molar-refractivity contribution in [2.75, 3.05) is 13.1 Å². The molecule has 164 valence electrons. The van der Waals surface area contributed by atoms with E-state index < -0.39 is 48.5 Å². The monoisotopic (exact) mass is 423 g/mol. The largest absolute Gasteiger partial charge is 0.507 e. The van der Waals surface area contributed by atoms with Crippen LogP contribution in [0.4, 0.5) is 0 Å². The van der Waals surface area contributed by atoms with Crippen LogP contribution in [0, 0.1) is 0 Å². The third-order valence-electron chi connectivity index (χ3n) is 4.71. The van der Waals surface area contributed by atoms with Gasteiger partial charge in [0.15, 0.2) is 0 Å². The summed E-state index contributed by atoms with van der Waals surface area (Å²) in [5.74, 6) is -2.71. The number of amides is 2. The number of nitrogens with two attached hydrogens (primary N) is 1. The summed E-state index contributed by atoms with van der Waals surface area (Å²) in [5.41, 5.74) is 5.28. The zero-order valence-electron chi connectivity index (χ0n) is 16.7. The van der Waals surface area contributed by atoms with Gasteiger partial charge in [-0.2, -0.15) is 0 Å². The molecule has 2 atom stereocenters. The number of nitrogens with one attached hydrogen (secondary N) is 1. The number of likely N-dealkylation sites (tertiary alicyclic amines) is 1. The van der Waals surface area contributed by atoms with E-state index in [9.17, 15) is 24.6 Å². The van der Waals surface area contributed by atoms with Gasteiger partial charge in [-0.25, -0.2) is 4.79 Å². The summed E-state index contributed by atoms with van der Waals surface area (Å²) >= 11 is 0. The highest BCUT2D eigenvalue weighted by atomic mass is 16.5. The minimum Gasteiger partial charge on any atom is -0.507 e. The van der Waals surface area contributed by atoms with Crippen molar-refractivity contribution in [3.05, 3.63) is 23.3 Å². The number of benzene rings is 1. The number of rotatable bonds is 9. The van der Waals surface area contributed by atoms with Gasteiger partial charge in [0.1, 0.15) is 29.2 Å². The van der Waals surface area contributed by atoms with E-state index in [4.69, 9.17) is 20.5 Å². The summed E-state index contributed by atoms with van der Waals surface area (Å²) in [7, 11) is -1.58. The number of carbonyl (C=O) groups is 3. The number of aryl methyl sites for hydroxylation is 1. The summed E-state index contributed by atoms with van der Waals surface area (Å²) in [5, 5.41) is 40.1. The quantitative estimate of drug-likeness (QED) is 0.259. The first-order valence-corrected chi connectivity index (χ1v) is 9.46. The molecule has 0 radical (unpaired) electrons. The smallest absolute Gasteiger partial charge is 0.451 e. The van der Waals surface area contributed by atoms with Crippen molar-refractivity contribution < 1.29 is 39.4 Å². The van der Waals surface area contributed by atoms with Crippen LogP contribution in [0.25, 0.3) is 0 Å². The van der Waals surface area contributed by atoms with Crippen molar-refractivity contribution >= 4 is 24.9 Å². The van der Waals surface area contributed by atoms with Gasteiger partial charge in [0.05, 0.1) is 19.1 Å². The summed E-state index contributed by atoms with van der Waals surface area (Å²) < 4.78 is 5.64. The van der Waals surface area contributed by atoms with Crippen molar-refractivity contribution in [1.29, 1.82) is 0 Å². The molecule has 2 rings (SSSR count). The Morgan fingerprint density at radius 2 is 1.93 bits per heavy atom. The number of ether oxygens (including phenoxy) is 1. The van der Waals surface area contributed by atoms with Gasteiger partial charge in [0.25, 0.3) is 0 Å². The maximum absolute atomic E-state index is 12.3. The van der Waals surface area contributed by atoms with Crippen molar-refractivity contribution in [1.82, 2.24) is 10.2 Å². The Labute approximate surface area is 173 Å². The highest BCUT2D eigenvalue weighted by Gasteiger charge is 2.36. The molecule has 1 aliphatic rings. The standard InChI is InChI=1S/C18H26BN3O8/c1-9(20)16(24)21-10(2)17(25)22-7-12(8-22)30-13-4-3-11(5-6-19(28)29)15(23)14(13)18(26)27/h3-4,9-10,12,23,28-29H,5-8,20H2,1-2H3,(H,21,24)(H,26,27)/t9-,10-/m1/s1. The lowest BCUT2D eigenvalue weighted by molar-refractivity contribution is -0.143. The Kier molecular flexibility index (Phi) is 7.65. The second-order valence-corrected chi connectivity index (χ2v) is 7.27. The minimum absolute atomic E-state index is 0.0521. The van der Waals surface area contributed by atoms with Crippen LogP contribution in [0.15, 0.2) is 12.1 Å². The van der Waals surface area contributed by atoms with Gasteiger partial charge >= 0.3 is 13.1 Å². The highest BCUT2D eigenvalue weighted by Crippen LogP contribution is 2.34. The average Bonchev–Trinajstić information content (AvgIpc) is 2.62. The third-order valence-corrected chi connectivity index (χ3v) is 4.71. The molecule has 2 amide bonds. The van der Waals surface area contributed by atoms with Crippen molar-refractivity contribution in [3.8, 4) is 11.5 Å². The van der Waals surface area contributed by atoms with Crippen LogP contribution >= 0.6 is 0 Å². The number of aromatic hydroxyl groups is 1. The molecular formula is C18H26BN3O8. The lowest BCUT2D eigenvalue weighted by Gasteiger charge is -2.40. The molecule has 7 N–H and O–H groups in total. The van der Waals surface area contributed by atoms with Gasteiger partial charge < -0.3 is 40.9 Å². The molecule has 12 heteroatoms. The van der Waals surface area contributed by atoms with Gasteiger partial charge in [0.2, 0.25) is 11.8 Å². The van der Waals surface area contributed by atoms with Crippen molar-refractivity contribution in [2.45, 2.75) is 44.8 Å². The molecular weight excluding hydrogens is 397 g/mol. The Morgan fingerprint density at radius 3 is 2.47 bits per heavy atom. The minimum atomic E-state index is -1.58. The van der Waals surface area contributed by atoms with E-state index in [1.165, 1.54) is 24.0 Å². The summed E-state index contributed by atoms with van der Waals surface area (Å²) in [4.78, 5) is 37.0. The maximum Gasteiger partial charge on any atom is 0.451 e. The zero-order chi connectivity index (χ0) is 22.6. The molecule has 1 saturated heterocycles. The van der Waals surface area contributed by atoms with Gasteiger partial charge in [-0.1, -0.05) is 6.07 Å². The number of aromatic carboxylic acids is 1. The SMILES string of the molecule is C[C@@H](N)C(=O)N[C@H](C)C(=O)N1CC(Oc2ccc(CCB(O)O)c(O)c2C(=O)O)C1. The van der Waals surface area contributed by atoms with E-state index in [0.717, 1.165) is 0 Å². The van der Waals surface area contributed by atoms with Crippen molar-refractivity contribution in [2.24, 2.45) is 5.73 Å². The van der Waals surface area contributed by atoms with Crippen LogP contribution in [0.5, 0.6) is 11.5 Å². The predicted octanol–water partition coefficient (Wildman–Crippen LogP) is -1.45. The molecule has 0 spiro atoms. The Balaban J connectivity index is 2.00. The molecule has 11 nitrogen and oxygen atoms in total. The first-order valence-electron chi connectivity index (χ1n) is 9.46. The zero-order valence-corrected chi connectivity index (χ0v) is 16.7. The number of carboxylic acid groups (broad SMARTS) is 1. The van der Waals surface area contributed by atoms with Crippen LogP contribution in [-0.2, 0) is 16.0 Å². The highest BCUT2D eigenvalue weighted by molar-refractivity contribution is 6.41. The van der Waals surface area contributed by atoms with Gasteiger partial charge in [-0.05, 0) is 38.2 Å².